The number of aromatic hydroxyl groups is 1. The van der Waals surface area contributed by atoms with E-state index in [1.807, 2.05) is 32.9 Å². The number of hydrogen-bond donors (Lipinski definition) is 3. The SMILES string of the molecule is CCC(Nc1ccc(C)cc1C)C(=O)NN=Cc1cccc(OC)c1O. The molecule has 0 aromatic heterocycles. The topological polar surface area (TPSA) is 83.0 Å². The lowest BCUT2D eigenvalue weighted by Gasteiger charge is -2.18. The third-order valence-corrected chi connectivity index (χ3v) is 4.06. The van der Waals surface area contributed by atoms with Gasteiger partial charge in [0.15, 0.2) is 11.5 Å². The molecule has 0 aliphatic rings. The Morgan fingerprint density at radius 3 is 2.73 bits per heavy atom. The summed E-state index contributed by atoms with van der Waals surface area (Å²) in [6.07, 6.45) is 2.00. The first-order valence-electron chi connectivity index (χ1n) is 8.49. The van der Waals surface area contributed by atoms with Crippen molar-refractivity contribution in [1.29, 1.82) is 0 Å². The van der Waals surface area contributed by atoms with Crippen LogP contribution in [0, 0.1) is 13.8 Å². The first-order valence-corrected chi connectivity index (χ1v) is 8.49. The number of hydrogen-bond acceptors (Lipinski definition) is 5. The van der Waals surface area contributed by atoms with Crippen molar-refractivity contribution in [3.05, 3.63) is 53.1 Å². The summed E-state index contributed by atoms with van der Waals surface area (Å²) in [6, 6.07) is 10.7. The number of anilines is 1. The number of phenols is 1. The van der Waals surface area contributed by atoms with Crippen molar-refractivity contribution < 1.29 is 14.6 Å². The van der Waals surface area contributed by atoms with Gasteiger partial charge in [0.1, 0.15) is 6.04 Å². The van der Waals surface area contributed by atoms with Crippen molar-refractivity contribution in [1.82, 2.24) is 5.43 Å². The number of rotatable bonds is 7. The molecule has 2 aromatic rings. The van der Waals surface area contributed by atoms with Gasteiger partial charge in [0.05, 0.1) is 13.3 Å². The molecule has 6 nitrogen and oxygen atoms in total. The van der Waals surface area contributed by atoms with E-state index in [0.29, 0.717) is 17.7 Å². The third kappa shape index (κ3) is 4.75. The molecule has 0 radical (unpaired) electrons. The fourth-order valence-electron chi connectivity index (χ4n) is 2.57. The van der Waals surface area contributed by atoms with Gasteiger partial charge >= 0.3 is 0 Å². The molecule has 138 valence electrons. The van der Waals surface area contributed by atoms with E-state index in [9.17, 15) is 9.90 Å². The van der Waals surface area contributed by atoms with Crippen LogP contribution in [0.3, 0.4) is 0 Å². The van der Waals surface area contributed by atoms with Gasteiger partial charge in [-0.3, -0.25) is 4.79 Å². The average Bonchev–Trinajstić information content (AvgIpc) is 2.62. The van der Waals surface area contributed by atoms with E-state index in [0.717, 1.165) is 11.3 Å². The molecule has 3 N–H and O–H groups in total. The predicted molar refractivity (Wildman–Crippen MR) is 104 cm³/mol. The van der Waals surface area contributed by atoms with E-state index in [4.69, 9.17) is 4.74 Å². The lowest BCUT2D eigenvalue weighted by Crippen LogP contribution is -2.37. The predicted octanol–water partition coefficient (Wildman–Crippen LogP) is 3.36. The molecule has 0 aliphatic heterocycles. The molecule has 26 heavy (non-hydrogen) atoms. The minimum Gasteiger partial charge on any atom is -0.504 e. The number of benzene rings is 2. The second-order valence-electron chi connectivity index (χ2n) is 6.06. The molecule has 0 saturated heterocycles. The minimum atomic E-state index is -0.410. The second kappa shape index (κ2) is 8.89. The Kier molecular flexibility index (Phi) is 6.60. The number of amides is 1. The zero-order valence-electron chi connectivity index (χ0n) is 15.5. The Bertz CT molecular complexity index is 803. The molecule has 1 atom stereocenters. The number of hydrazone groups is 1. The number of carbonyl (C=O) groups excluding carboxylic acids is 1. The van der Waals surface area contributed by atoms with Gasteiger partial charge in [-0.05, 0) is 44.0 Å². The van der Waals surface area contributed by atoms with Gasteiger partial charge < -0.3 is 15.2 Å². The van der Waals surface area contributed by atoms with Crippen LogP contribution in [0.1, 0.15) is 30.0 Å². The number of methoxy groups -OCH3 is 1. The Morgan fingerprint density at radius 2 is 2.08 bits per heavy atom. The monoisotopic (exact) mass is 355 g/mol. The molecular weight excluding hydrogens is 330 g/mol. The molecule has 1 unspecified atom stereocenters. The molecule has 1 amide bonds. The van der Waals surface area contributed by atoms with Crippen molar-refractivity contribution in [2.75, 3.05) is 12.4 Å². The zero-order chi connectivity index (χ0) is 19.1. The molecule has 2 aromatic carbocycles. The number of nitrogens with zero attached hydrogens (tertiary/aromatic N) is 1. The lowest BCUT2D eigenvalue weighted by atomic mass is 10.1. The van der Waals surface area contributed by atoms with Gasteiger partial charge in [0.2, 0.25) is 0 Å². The standard InChI is InChI=1S/C20H25N3O3/c1-5-16(22-17-10-9-13(2)11-14(17)3)20(25)23-21-12-15-7-6-8-18(26-4)19(15)24/h6-12,16,22,24H,5H2,1-4H3,(H,23,25). The number of ether oxygens (including phenoxy) is 1. The molecule has 2 rings (SSSR count). The highest BCUT2D eigenvalue weighted by molar-refractivity contribution is 5.88. The van der Waals surface area contributed by atoms with Gasteiger partial charge in [-0.2, -0.15) is 5.10 Å². The van der Waals surface area contributed by atoms with Gasteiger partial charge in [-0.1, -0.05) is 30.7 Å². The largest absolute Gasteiger partial charge is 0.504 e. The molecule has 0 aliphatic carbocycles. The van der Waals surface area contributed by atoms with Crippen molar-refractivity contribution >= 4 is 17.8 Å². The molecule has 0 bridgehead atoms. The van der Waals surface area contributed by atoms with Crippen molar-refractivity contribution in [3.8, 4) is 11.5 Å². The zero-order valence-corrected chi connectivity index (χ0v) is 15.5. The number of para-hydroxylation sites is 1. The van der Waals surface area contributed by atoms with Gasteiger partial charge in [0, 0.05) is 11.3 Å². The Labute approximate surface area is 153 Å². The highest BCUT2D eigenvalue weighted by atomic mass is 16.5. The molecule has 0 saturated carbocycles. The summed E-state index contributed by atoms with van der Waals surface area (Å²) in [4.78, 5) is 12.4. The number of nitrogens with one attached hydrogen (secondary N) is 2. The van der Waals surface area contributed by atoms with Crippen molar-refractivity contribution in [3.63, 3.8) is 0 Å². The van der Waals surface area contributed by atoms with Gasteiger partial charge in [-0.25, -0.2) is 5.43 Å². The fourth-order valence-corrected chi connectivity index (χ4v) is 2.57. The van der Waals surface area contributed by atoms with E-state index < -0.39 is 6.04 Å². The molecular formula is C20H25N3O3. The number of carbonyl (C=O) groups is 1. The maximum atomic E-state index is 12.4. The van der Waals surface area contributed by atoms with Crippen LogP contribution in [-0.4, -0.2) is 30.4 Å². The summed E-state index contributed by atoms with van der Waals surface area (Å²) in [5.74, 6) is 0.0859. The average molecular weight is 355 g/mol. The molecule has 0 spiro atoms. The Hall–Kier alpha value is -3.02. The first-order chi connectivity index (χ1) is 12.5. The summed E-state index contributed by atoms with van der Waals surface area (Å²) in [7, 11) is 1.47. The van der Waals surface area contributed by atoms with E-state index in [1.54, 1.807) is 18.2 Å². The second-order valence-corrected chi connectivity index (χ2v) is 6.06. The molecule has 6 heteroatoms. The van der Waals surface area contributed by atoms with Crippen LogP contribution in [0.25, 0.3) is 0 Å². The summed E-state index contributed by atoms with van der Waals surface area (Å²) in [5.41, 5.74) is 6.15. The smallest absolute Gasteiger partial charge is 0.262 e. The van der Waals surface area contributed by atoms with Crippen LogP contribution in [0.2, 0.25) is 0 Å². The van der Waals surface area contributed by atoms with Crippen LogP contribution >= 0.6 is 0 Å². The number of phenolic OH excluding ortho intramolecular Hbond substituents is 1. The van der Waals surface area contributed by atoms with Gasteiger partial charge in [0.25, 0.3) is 5.91 Å². The van der Waals surface area contributed by atoms with E-state index >= 15 is 0 Å². The summed E-state index contributed by atoms with van der Waals surface area (Å²) in [6.45, 7) is 5.96. The normalized spacial score (nSPS) is 12.0. The molecule has 0 fully saturated rings. The summed E-state index contributed by atoms with van der Waals surface area (Å²) in [5, 5.41) is 17.2. The van der Waals surface area contributed by atoms with Crippen molar-refractivity contribution in [2.45, 2.75) is 33.2 Å². The number of aryl methyl sites for hydroxylation is 2. The Balaban J connectivity index is 2.03. The van der Waals surface area contributed by atoms with Crippen LogP contribution in [-0.2, 0) is 4.79 Å². The van der Waals surface area contributed by atoms with Crippen LogP contribution in [0.5, 0.6) is 11.5 Å². The third-order valence-electron chi connectivity index (χ3n) is 4.06. The Morgan fingerprint density at radius 1 is 1.31 bits per heavy atom. The lowest BCUT2D eigenvalue weighted by molar-refractivity contribution is -0.121. The first kappa shape index (κ1) is 19.3. The molecule has 0 heterocycles. The van der Waals surface area contributed by atoms with Crippen LogP contribution in [0.15, 0.2) is 41.5 Å². The van der Waals surface area contributed by atoms with Crippen LogP contribution < -0.4 is 15.5 Å². The highest BCUT2D eigenvalue weighted by Crippen LogP contribution is 2.27. The highest BCUT2D eigenvalue weighted by Gasteiger charge is 2.16. The van der Waals surface area contributed by atoms with Gasteiger partial charge in [-0.15, -0.1) is 0 Å². The maximum Gasteiger partial charge on any atom is 0.262 e. The summed E-state index contributed by atoms with van der Waals surface area (Å²) >= 11 is 0. The minimum absolute atomic E-state index is 0.0200. The van der Waals surface area contributed by atoms with Crippen LogP contribution in [0.4, 0.5) is 5.69 Å². The van der Waals surface area contributed by atoms with E-state index in [2.05, 4.69) is 21.9 Å². The van der Waals surface area contributed by atoms with E-state index in [-0.39, 0.29) is 11.7 Å². The quantitative estimate of drug-likeness (QED) is 0.525. The van der Waals surface area contributed by atoms with Crippen molar-refractivity contribution in [2.24, 2.45) is 5.10 Å². The summed E-state index contributed by atoms with van der Waals surface area (Å²) < 4.78 is 5.05. The fraction of sp³-hybridized carbons (Fsp3) is 0.300. The van der Waals surface area contributed by atoms with E-state index in [1.165, 1.54) is 18.9 Å². The maximum absolute atomic E-state index is 12.4.